The molecule has 0 aromatic heterocycles. The van der Waals surface area contributed by atoms with Crippen molar-refractivity contribution in [2.45, 2.75) is 80.3 Å². The number of rotatable bonds is 11. The molecular formula is C34H53N3O4S. The minimum absolute atomic E-state index is 0.0119. The number of aliphatic hydroxyl groups excluding tert-OH is 1. The molecule has 2 atom stereocenters. The maximum atomic E-state index is 12.0. The lowest BCUT2D eigenvalue weighted by Crippen LogP contribution is -2.34. The molecule has 8 heteroatoms. The molecule has 0 bridgehead atoms. The summed E-state index contributed by atoms with van der Waals surface area (Å²) in [6.45, 7) is 15.1. The van der Waals surface area contributed by atoms with Gasteiger partial charge in [-0.1, -0.05) is 134 Å². The Bertz CT molecular complexity index is 1050. The summed E-state index contributed by atoms with van der Waals surface area (Å²) in [5.74, 6) is -0.217. The van der Waals surface area contributed by atoms with Crippen molar-refractivity contribution in [3.05, 3.63) is 112 Å². The van der Waals surface area contributed by atoms with Crippen molar-refractivity contribution >= 4 is 24.4 Å². The van der Waals surface area contributed by atoms with E-state index in [0.717, 1.165) is 19.3 Å². The van der Waals surface area contributed by atoms with Crippen molar-refractivity contribution < 1.29 is 14.8 Å². The summed E-state index contributed by atoms with van der Waals surface area (Å²) in [7, 11) is 0. The molecule has 0 saturated carbocycles. The minimum Gasteiger partial charge on any atom is -0.392 e. The topological polar surface area (TPSA) is 105 Å². The van der Waals surface area contributed by atoms with Crippen LogP contribution in [0.15, 0.2) is 84.9 Å². The summed E-state index contributed by atoms with van der Waals surface area (Å²) in [6.07, 6.45) is 2.86. The van der Waals surface area contributed by atoms with Crippen LogP contribution in [-0.2, 0) is 24.1 Å². The number of hydrogen-bond donors (Lipinski definition) is 4. The van der Waals surface area contributed by atoms with E-state index in [1.807, 2.05) is 52.8 Å². The molecule has 0 saturated heterocycles. The SMILES string of the molecule is CC.CC.CCc1ccccc1.CCc1ccccc1CCNC(=O)C(C)CC(O)CNS.O=[N+]([O-])c1ccccc1. The number of carbonyl (C=O) groups excluding carboxylic acids is 1. The summed E-state index contributed by atoms with van der Waals surface area (Å²) in [5.41, 5.74) is 4.16. The monoisotopic (exact) mass is 599 g/mol. The number of para-hydroxylation sites is 1. The van der Waals surface area contributed by atoms with E-state index in [1.165, 1.54) is 28.8 Å². The van der Waals surface area contributed by atoms with Gasteiger partial charge in [-0.25, -0.2) is 0 Å². The normalized spacial score (nSPS) is 10.8. The first-order valence-corrected chi connectivity index (χ1v) is 15.4. The molecule has 0 aliphatic heterocycles. The summed E-state index contributed by atoms with van der Waals surface area (Å²) < 4.78 is 2.60. The number of nitro groups is 1. The van der Waals surface area contributed by atoms with Crippen LogP contribution in [0.3, 0.4) is 0 Å². The number of nitrogens with zero attached hydrogens (tertiary/aromatic N) is 1. The van der Waals surface area contributed by atoms with Gasteiger partial charge in [0.25, 0.3) is 5.69 Å². The zero-order valence-electron chi connectivity index (χ0n) is 26.5. The van der Waals surface area contributed by atoms with Crippen LogP contribution in [0.1, 0.15) is 71.6 Å². The molecule has 234 valence electrons. The summed E-state index contributed by atoms with van der Waals surface area (Å²) in [5, 5.41) is 22.6. The number of hydrogen-bond acceptors (Lipinski definition) is 6. The average molecular weight is 600 g/mol. The van der Waals surface area contributed by atoms with Crippen molar-refractivity contribution in [2.75, 3.05) is 13.1 Å². The third-order valence-corrected chi connectivity index (χ3v) is 5.99. The number of nitrogens with one attached hydrogen (secondary N) is 2. The Labute approximate surface area is 259 Å². The molecule has 0 aliphatic carbocycles. The zero-order valence-corrected chi connectivity index (χ0v) is 27.4. The number of non-ortho nitro benzene ring substituents is 1. The van der Waals surface area contributed by atoms with Crippen LogP contribution in [0.4, 0.5) is 5.69 Å². The molecule has 0 fully saturated rings. The van der Waals surface area contributed by atoms with E-state index in [2.05, 4.69) is 73.1 Å². The first-order chi connectivity index (χ1) is 20.3. The Kier molecular flexibility index (Phi) is 27.2. The van der Waals surface area contributed by atoms with Gasteiger partial charge >= 0.3 is 0 Å². The Morgan fingerprint density at radius 2 is 1.36 bits per heavy atom. The third kappa shape index (κ3) is 19.8. The van der Waals surface area contributed by atoms with Gasteiger partial charge in [-0.15, -0.1) is 0 Å². The van der Waals surface area contributed by atoms with Crippen molar-refractivity contribution in [2.24, 2.45) is 5.92 Å². The van der Waals surface area contributed by atoms with Crippen LogP contribution >= 0.6 is 12.8 Å². The fourth-order valence-electron chi connectivity index (χ4n) is 3.61. The second kappa shape index (κ2) is 27.9. The molecule has 3 N–H and O–H groups in total. The van der Waals surface area contributed by atoms with E-state index >= 15 is 0 Å². The van der Waals surface area contributed by atoms with E-state index in [1.54, 1.807) is 18.2 Å². The highest BCUT2D eigenvalue weighted by atomic mass is 32.1. The lowest BCUT2D eigenvalue weighted by molar-refractivity contribution is -0.384. The molecule has 3 rings (SSSR count). The molecule has 0 radical (unpaired) electrons. The van der Waals surface area contributed by atoms with E-state index in [4.69, 9.17) is 0 Å². The van der Waals surface area contributed by atoms with Crippen LogP contribution < -0.4 is 10.0 Å². The van der Waals surface area contributed by atoms with Gasteiger partial charge in [-0.05, 0) is 42.4 Å². The van der Waals surface area contributed by atoms with E-state index in [0.29, 0.717) is 19.5 Å². The summed E-state index contributed by atoms with van der Waals surface area (Å²) in [6, 6.07) is 26.7. The van der Waals surface area contributed by atoms with Crippen LogP contribution in [0.25, 0.3) is 0 Å². The first-order valence-electron chi connectivity index (χ1n) is 14.9. The van der Waals surface area contributed by atoms with E-state index in [-0.39, 0.29) is 17.5 Å². The average Bonchev–Trinajstić information content (AvgIpc) is 3.04. The van der Waals surface area contributed by atoms with Crippen molar-refractivity contribution in [1.29, 1.82) is 0 Å². The maximum Gasteiger partial charge on any atom is 0.269 e. The number of amides is 1. The molecule has 0 spiro atoms. The van der Waals surface area contributed by atoms with Crippen molar-refractivity contribution in [1.82, 2.24) is 10.0 Å². The summed E-state index contributed by atoms with van der Waals surface area (Å²) in [4.78, 5) is 21.6. The third-order valence-electron chi connectivity index (χ3n) is 5.81. The number of thiol groups is 1. The molecule has 42 heavy (non-hydrogen) atoms. The molecule has 0 aliphatic rings. The molecule has 1 amide bonds. The highest BCUT2D eigenvalue weighted by Crippen LogP contribution is 2.10. The largest absolute Gasteiger partial charge is 0.392 e. The van der Waals surface area contributed by atoms with Crippen LogP contribution in [0.2, 0.25) is 0 Å². The number of aryl methyl sites for hydroxylation is 2. The second-order valence-electron chi connectivity index (χ2n) is 8.75. The van der Waals surface area contributed by atoms with Crippen LogP contribution in [0, 0.1) is 16.0 Å². The Hall–Kier alpha value is -3.20. The van der Waals surface area contributed by atoms with Crippen molar-refractivity contribution in [3.8, 4) is 0 Å². The predicted octanol–water partition coefficient (Wildman–Crippen LogP) is 7.63. The van der Waals surface area contributed by atoms with Gasteiger partial charge in [0.2, 0.25) is 5.91 Å². The molecular weight excluding hydrogens is 546 g/mol. The van der Waals surface area contributed by atoms with Gasteiger partial charge in [-0.3, -0.25) is 19.6 Å². The lowest BCUT2D eigenvalue weighted by Gasteiger charge is -2.16. The number of benzene rings is 3. The van der Waals surface area contributed by atoms with E-state index in [9.17, 15) is 20.0 Å². The van der Waals surface area contributed by atoms with Gasteiger partial charge in [-0.2, -0.15) is 0 Å². The van der Waals surface area contributed by atoms with Gasteiger partial charge in [0.05, 0.1) is 11.0 Å². The predicted molar refractivity (Wildman–Crippen MR) is 181 cm³/mol. The minimum atomic E-state index is -0.552. The fourth-order valence-corrected chi connectivity index (χ4v) is 3.82. The van der Waals surface area contributed by atoms with Crippen LogP contribution in [0.5, 0.6) is 0 Å². The first kappa shape index (κ1) is 40.9. The van der Waals surface area contributed by atoms with Gasteiger partial charge in [0.1, 0.15) is 0 Å². The lowest BCUT2D eigenvalue weighted by atomic mass is 10.0. The molecule has 2 unspecified atom stereocenters. The highest BCUT2D eigenvalue weighted by molar-refractivity contribution is 7.78. The Morgan fingerprint density at radius 3 is 1.79 bits per heavy atom. The van der Waals surface area contributed by atoms with Crippen molar-refractivity contribution in [3.63, 3.8) is 0 Å². The summed E-state index contributed by atoms with van der Waals surface area (Å²) >= 11 is 3.84. The van der Waals surface area contributed by atoms with Gasteiger partial charge < -0.3 is 10.4 Å². The quantitative estimate of drug-likeness (QED) is 0.103. The molecule has 3 aromatic rings. The fraction of sp³-hybridized carbons (Fsp3) is 0.441. The Morgan fingerprint density at radius 1 is 0.857 bits per heavy atom. The molecule has 7 nitrogen and oxygen atoms in total. The van der Waals surface area contributed by atoms with E-state index < -0.39 is 11.0 Å². The van der Waals surface area contributed by atoms with Gasteiger partial charge in [0, 0.05) is 31.1 Å². The molecule has 3 aromatic carbocycles. The Balaban J connectivity index is 0. The zero-order chi connectivity index (χ0) is 32.2. The molecule has 0 heterocycles. The number of aliphatic hydroxyl groups is 1. The highest BCUT2D eigenvalue weighted by Gasteiger charge is 2.16. The number of nitro benzene ring substituents is 1. The number of carbonyl (C=O) groups is 1. The second-order valence-corrected chi connectivity index (χ2v) is 9.06. The van der Waals surface area contributed by atoms with Crippen LogP contribution in [-0.4, -0.2) is 35.1 Å². The maximum absolute atomic E-state index is 12.0. The van der Waals surface area contributed by atoms with Gasteiger partial charge in [0.15, 0.2) is 0 Å². The standard InChI is InChI=1S/C16H26N2O2S.C8H10.C6H5NO2.2C2H6/c1-3-13-6-4-5-7-14(13)8-9-17-16(20)12(2)10-15(19)11-18-21;1-2-8-6-4-3-5-7-8;8-7(9)6-4-2-1-3-5-6;2*1-2/h4-7,12,15,18-19,21H,3,8-11H2,1-2H3,(H,17,20);3-7H,2H2,1H3;1-5H;2*1-2H3. The smallest absolute Gasteiger partial charge is 0.269 e.